The zero-order chi connectivity index (χ0) is 9.42. The zero-order valence-electron chi connectivity index (χ0n) is 8.08. The van der Waals surface area contributed by atoms with E-state index >= 15 is 0 Å². The Morgan fingerprint density at radius 3 is 3.00 bits per heavy atom. The highest BCUT2D eigenvalue weighted by molar-refractivity contribution is 5.35. The summed E-state index contributed by atoms with van der Waals surface area (Å²) in [5, 5.41) is 0. The first-order valence-electron chi connectivity index (χ1n) is 4.65. The molecule has 0 amide bonds. The van der Waals surface area contributed by atoms with Gasteiger partial charge >= 0.3 is 0 Å². The van der Waals surface area contributed by atoms with E-state index in [0.29, 0.717) is 6.61 Å². The molecule has 1 aromatic carbocycles. The number of rotatable bonds is 0. The Morgan fingerprint density at radius 1 is 1.46 bits per heavy atom. The van der Waals surface area contributed by atoms with Crippen LogP contribution in [0.1, 0.15) is 29.7 Å². The first-order chi connectivity index (χ1) is 6.18. The Morgan fingerprint density at radius 2 is 2.23 bits per heavy atom. The van der Waals surface area contributed by atoms with Gasteiger partial charge in [0.05, 0.1) is 18.8 Å². The molecule has 0 aromatic heterocycles. The van der Waals surface area contributed by atoms with Gasteiger partial charge in [-0.15, -0.1) is 0 Å². The Bertz CT molecular complexity index is 322. The summed E-state index contributed by atoms with van der Waals surface area (Å²) in [6.07, 6.45) is 0.134. The fourth-order valence-electron chi connectivity index (χ4n) is 1.76. The third-order valence-electron chi connectivity index (χ3n) is 2.67. The number of ether oxygens (including phenoxy) is 1. The van der Waals surface area contributed by atoms with Crippen LogP contribution in [0.4, 0.5) is 0 Å². The molecule has 13 heavy (non-hydrogen) atoms. The zero-order valence-corrected chi connectivity index (χ0v) is 8.08. The third kappa shape index (κ3) is 1.47. The molecule has 70 valence electrons. The third-order valence-corrected chi connectivity index (χ3v) is 2.67. The fourth-order valence-corrected chi connectivity index (χ4v) is 1.76. The van der Waals surface area contributed by atoms with Crippen LogP contribution in [0.5, 0.6) is 0 Å². The van der Waals surface area contributed by atoms with Crippen molar-refractivity contribution in [3.63, 3.8) is 0 Å². The quantitative estimate of drug-likeness (QED) is 0.657. The molecule has 0 radical (unpaired) electrons. The van der Waals surface area contributed by atoms with Gasteiger partial charge in [-0.3, -0.25) is 0 Å². The molecule has 1 aliphatic heterocycles. The second-order valence-corrected chi connectivity index (χ2v) is 3.74. The van der Waals surface area contributed by atoms with Crippen molar-refractivity contribution in [2.75, 3.05) is 0 Å². The molecule has 0 spiro atoms. The minimum absolute atomic E-state index is 0.0318. The standard InChI is InChI=1S/C11H15NO/c1-7-3-4-10-9(5-7)6-13-8(2)11(10)12/h3-5,8,11H,6,12H2,1-2H3/t8?,11-/m0/s1. The number of nitrogens with two attached hydrogens (primary N) is 1. The molecule has 2 N–H and O–H groups in total. The van der Waals surface area contributed by atoms with Crippen LogP contribution in [0.15, 0.2) is 18.2 Å². The van der Waals surface area contributed by atoms with Crippen LogP contribution in [-0.4, -0.2) is 6.10 Å². The van der Waals surface area contributed by atoms with Gasteiger partial charge in [-0.1, -0.05) is 23.8 Å². The van der Waals surface area contributed by atoms with E-state index in [1.54, 1.807) is 0 Å². The van der Waals surface area contributed by atoms with Crippen LogP contribution in [-0.2, 0) is 11.3 Å². The molecule has 1 unspecified atom stereocenters. The lowest BCUT2D eigenvalue weighted by Crippen LogP contribution is -2.31. The van der Waals surface area contributed by atoms with Crippen LogP contribution in [0.25, 0.3) is 0 Å². The van der Waals surface area contributed by atoms with E-state index in [0.717, 1.165) is 0 Å². The maximum Gasteiger partial charge on any atom is 0.0744 e. The van der Waals surface area contributed by atoms with Crippen molar-refractivity contribution in [3.8, 4) is 0 Å². The highest BCUT2D eigenvalue weighted by Gasteiger charge is 2.23. The van der Waals surface area contributed by atoms with Gasteiger partial charge in [-0.05, 0) is 25.0 Å². The minimum atomic E-state index is 0.0318. The lowest BCUT2D eigenvalue weighted by Gasteiger charge is -2.28. The van der Waals surface area contributed by atoms with Crippen molar-refractivity contribution in [1.29, 1.82) is 0 Å². The second-order valence-electron chi connectivity index (χ2n) is 3.74. The monoisotopic (exact) mass is 177 g/mol. The van der Waals surface area contributed by atoms with Crippen molar-refractivity contribution in [2.45, 2.75) is 32.6 Å². The fraction of sp³-hybridized carbons (Fsp3) is 0.455. The van der Waals surface area contributed by atoms with Crippen molar-refractivity contribution in [1.82, 2.24) is 0 Å². The van der Waals surface area contributed by atoms with E-state index < -0.39 is 0 Å². The molecule has 0 aliphatic carbocycles. The van der Waals surface area contributed by atoms with E-state index in [1.807, 2.05) is 6.92 Å². The molecule has 1 aliphatic rings. The SMILES string of the molecule is Cc1ccc2c(c1)COC(C)[C@@H]2N. The maximum absolute atomic E-state index is 6.01. The average molecular weight is 177 g/mol. The Balaban J connectivity index is 2.44. The van der Waals surface area contributed by atoms with E-state index in [4.69, 9.17) is 10.5 Å². The van der Waals surface area contributed by atoms with E-state index in [9.17, 15) is 0 Å². The van der Waals surface area contributed by atoms with Crippen LogP contribution in [0, 0.1) is 6.92 Å². The van der Waals surface area contributed by atoms with Gasteiger partial charge < -0.3 is 10.5 Å². The first-order valence-corrected chi connectivity index (χ1v) is 4.65. The highest BCUT2D eigenvalue weighted by Crippen LogP contribution is 2.27. The maximum atomic E-state index is 6.01. The van der Waals surface area contributed by atoms with Gasteiger partial charge in [0.15, 0.2) is 0 Å². The summed E-state index contributed by atoms with van der Waals surface area (Å²) in [6.45, 7) is 4.81. The summed E-state index contributed by atoms with van der Waals surface area (Å²) >= 11 is 0. The molecule has 1 heterocycles. The van der Waals surface area contributed by atoms with Crippen LogP contribution in [0.3, 0.4) is 0 Å². The van der Waals surface area contributed by atoms with E-state index in [-0.39, 0.29) is 12.1 Å². The number of fused-ring (bicyclic) bond motifs is 1. The molecular formula is C11H15NO. The van der Waals surface area contributed by atoms with Crippen molar-refractivity contribution < 1.29 is 4.74 Å². The molecule has 0 bridgehead atoms. The normalized spacial score (nSPS) is 27.0. The summed E-state index contributed by atoms with van der Waals surface area (Å²) in [7, 11) is 0. The van der Waals surface area contributed by atoms with Gasteiger partial charge in [0.25, 0.3) is 0 Å². The predicted octanol–water partition coefficient (Wildman–Crippen LogP) is 1.91. The molecule has 2 nitrogen and oxygen atoms in total. The van der Waals surface area contributed by atoms with Gasteiger partial charge in [0.2, 0.25) is 0 Å². The van der Waals surface area contributed by atoms with Crippen molar-refractivity contribution in [3.05, 3.63) is 34.9 Å². The summed E-state index contributed by atoms with van der Waals surface area (Å²) in [6, 6.07) is 6.41. The summed E-state index contributed by atoms with van der Waals surface area (Å²) in [4.78, 5) is 0. The Hall–Kier alpha value is -0.860. The Labute approximate surface area is 78.7 Å². The summed E-state index contributed by atoms with van der Waals surface area (Å²) in [5.41, 5.74) is 9.76. The van der Waals surface area contributed by atoms with Gasteiger partial charge in [-0.25, -0.2) is 0 Å². The molecule has 0 saturated carbocycles. The largest absolute Gasteiger partial charge is 0.372 e. The smallest absolute Gasteiger partial charge is 0.0744 e. The number of aryl methyl sites for hydroxylation is 1. The van der Waals surface area contributed by atoms with Crippen LogP contribution >= 0.6 is 0 Å². The number of hydrogen-bond acceptors (Lipinski definition) is 2. The molecule has 2 rings (SSSR count). The molecular weight excluding hydrogens is 162 g/mol. The first kappa shape index (κ1) is 8.73. The van der Waals surface area contributed by atoms with Gasteiger partial charge in [-0.2, -0.15) is 0 Å². The molecule has 2 heteroatoms. The topological polar surface area (TPSA) is 35.2 Å². The molecule has 0 fully saturated rings. The second kappa shape index (κ2) is 3.13. The molecule has 0 saturated heterocycles. The highest BCUT2D eigenvalue weighted by atomic mass is 16.5. The van der Waals surface area contributed by atoms with Crippen LogP contribution in [0.2, 0.25) is 0 Å². The van der Waals surface area contributed by atoms with Gasteiger partial charge in [0, 0.05) is 0 Å². The average Bonchev–Trinajstić information content (AvgIpc) is 2.12. The van der Waals surface area contributed by atoms with Gasteiger partial charge in [0.1, 0.15) is 0 Å². The van der Waals surface area contributed by atoms with E-state index in [2.05, 4.69) is 25.1 Å². The lowest BCUT2D eigenvalue weighted by atomic mass is 9.94. The predicted molar refractivity (Wildman–Crippen MR) is 52.4 cm³/mol. The van der Waals surface area contributed by atoms with Crippen LogP contribution < -0.4 is 5.73 Å². The van der Waals surface area contributed by atoms with Crippen molar-refractivity contribution >= 4 is 0 Å². The number of hydrogen-bond donors (Lipinski definition) is 1. The number of benzene rings is 1. The van der Waals surface area contributed by atoms with Crippen molar-refractivity contribution in [2.24, 2.45) is 5.73 Å². The molecule has 2 atom stereocenters. The summed E-state index contributed by atoms with van der Waals surface area (Å²) < 4.78 is 5.55. The van der Waals surface area contributed by atoms with E-state index in [1.165, 1.54) is 16.7 Å². The summed E-state index contributed by atoms with van der Waals surface area (Å²) in [5.74, 6) is 0. The minimum Gasteiger partial charge on any atom is -0.372 e. The molecule has 1 aromatic rings. The Kier molecular flexibility index (Phi) is 2.10. The lowest BCUT2D eigenvalue weighted by molar-refractivity contribution is 0.0213.